The number of hydrogen-bond acceptors (Lipinski definition) is 2. The highest BCUT2D eigenvalue weighted by Crippen LogP contribution is 2.33. The van der Waals surface area contributed by atoms with Crippen molar-refractivity contribution >= 4 is 0 Å². The maximum Gasteiger partial charge on any atom is 0.201 e. The molecule has 0 aliphatic carbocycles. The fourth-order valence-corrected chi connectivity index (χ4v) is 3.56. The van der Waals surface area contributed by atoms with E-state index in [0.29, 0.717) is 24.7 Å². The van der Waals surface area contributed by atoms with Crippen molar-refractivity contribution in [1.82, 2.24) is 0 Å². The molecule has 3 rings (SSSR count). The first-order valence-corrected chi connectivity index (χ1v) is 10.1. The lowest BCUT2D eigenvalue weighted by atomic mass is 9.90. The Bertz CT molecular complexity index is 791. The maximum absolute atomic E-state index is 14.4. The van der Waals surface area contributed by atoms with Gasteiger partial charge in [-0.2, -0.15) is 4.39 Å². The fourth-order valence-electron chi connectivity index (χ4n) is 3.56. The van der Waals surface area contributed by atoms with E-state index >= 15 is 0 Å². The molecule has 150 valence electrons. The minimum absolute atomic E-state index is 0.0535. The normalized spacial score (nSPS) is 19.9. The number of halogens is 2. The number of allylic oxidation sites excluding steroid dienone is 1. The van der Waals surface area contributed by atoms with E-state index in [1.54, 1.807) is 13.0 Å². The van der Waals surface area contributed by atoms with E-state index in [2.05, 4.69) is 19.1 Å². The van der Waals surface area contributed by atoms with Crippen LogP contribution in [0.25, 0.3) is 11.1 Å². The molecule has 0 aromatic heterocycles. The Balaban J connectivity index is 1.67. The molecule has 2 aromatic carbocycles. The molecule has 0 N–H and O–H groups in total. The van der Waals surface area contributed by atoms with E-state index in [-0.39, 0.29) is 17.4 Å². The number of ether oxygens (including phenoxy) is 2. The van der Waals surface area contributed by atoms with Gasteiger partial charge in [-0.25, -0.2) is 4.39 Å². The molecule has 0 spiro atoms. The van der Waals surface area contributed by atoms with Crippen LogP contribution in [-0.4, -0.2) is 19.3 Å². The van der Waals surface area contributed by atoms with E-state index in [1.807, 2.05) is 24.3 Å². The predicted molar refractivity (Wildman–Crippen MR) is 109 cm³/mol. The first-order valence-electron chi connectivity index (χ1n) is 10.1. The Morgan fingerprint density at radius 2 is 1.82 bits per heavy atom. The second kappa shape index (κ2) is 9.83. The quantitative estimate of drug-likeness (QED) is 0.496. The summed E-state index contributed by atoms with van der Waals surface area (Å²) >= 11 is 0. The van der Waals surface area contributed by atoms with Crippen molar-refractivity contribution in [2.24, 2.45) is 0 Å². The van der Waals surface area contributed by atoms with Gasteiger partial charge in [-0.3, -0.25) is 0 Å². The van der Waals surface area contributed by atoms with E-state index in [4.69, 9.17) is 9.47 Å². The molecule has 0 radical (unpaired) electrons. The van der Waals surface area contributed by atoms with Crippen molar-refractivity contribution in [3.05, 3.63) is 65.7 Å². The molecule has 0 amide bonds. The van der Waals surface area contributed by atoms with E-state index in [0.717, 1.165) is 25.7 Å². The Morgan fingerprint density at radius 1 is 1.04 bits per heavy atom. The van der Waals surface area contributed by atoms with Gasteiger partial charge < -0.3 is 9.47 Å². The van der Waals surface area contributed by atoms with Crippen molar-refractivity contribution in [3.63, 3.8) is 0 Å². The third kappa shape index (κ3) is 4.79. The van der Waals surface area contributed by atoms with Crippen LogP contribution >= 0.6 is 0 Å². The zero-order valence-corrected chi connectivity index (χ0v) is 16.6. The van der Waals surface area contributed by atoms with Gasteiger partial charge in [0.15, 0.2) is 11.6 Å². The molecule has 2 atom stereocenters. The second-order valence-corrected chi connectivity index (χ2v) is 7.16. The molecule has 1 saturated heterocycles. The van der Waals surface area contributed by atoms with Crippen molar-refractivity contribution in [3.8, 4) is 16.9 Å². The molecule has 4 heteroatoms. The summed E-state index contributed by atoms with van der Waals surface area (Å²) in [5.41, 5.74) is 2.07. The van der Waals surface area contributed by atoms with Crippen molar-refractivity contribution in [1.29, 1.82) is 0 Å². The van der Waals surface area contributed by atoms with Crippen molar-refractivity contribution in [2.75, 3.05) is 13.2 Å². The highest BCUT2D eigenvalue weighted by Gasteiger charge is 2.22. The standard InChI is InChI=1S/C24H28F2O2/c1-3-5-6-7-20-13-12-19(16-28-20)17-8-10-18(11-9-17)21-14-15-22(27-4-2)24(26)23(21)25/h6-11,14-15,19-20H,3-5,12-13,16H2,1-2H3/b7-6+. The van der Waals surface area contributed by atoms with Crippen LogP contribution in [0.1, 0.15) is 51.0 Å². The third-order valence-corrected chi connectivity index (χ3v) is 5.16. The molecule has 1 aliphatic heterocycles. The third-order valence-electron chi connectivity index (χ3n) is 5.16. The van der Waals surface area contributed by atoms with E-state index in [9.17, 15) is 8.78 Å². The lowest BCUT2D eigenvalue weighted by Gasteiger charge is -2.28. The van der Waals surface area contributed by atoms with Crippen molar-refractivity contribution in [2.45, 2.75) is 51.6 Å². The molecule has 0 saturated carbocycles. The Kier molecular flexibility index (Phi) is 7.21. The number of unbranched alkanes of at least 4 members (excludes halogenated alkanes) is 1. The topological polar surface area (TPSA) is 18.5 Å². The number of rotatable bonds is 7. The summed E-state index contributed by atoms with van der Waals surface area (Å²) in [6.45, 7) is 4.89. The van der Waals surface area contributed by atoms with Crippen LogP contribution in [0.5, 0.6) is 5.75 Å². The summed E-state index contributed by atoms with van der Waals surface area (Å²) in [5.74, 6) is -1.53. The average Bonchev–Trinajstić information content (AvgIpc) is 2.73. The van der Waals surface area contributed by atoms with Crippen LogP contribution in [0.2, 0.25) is 0 Å². The Labute approximate surface area is 166 Å². The van der Waals surface area contributed by atoms with Crippen LogP contribution in [0.15, 0.2) is 48.6 Å². The smallest absolute Gasteiger partial charge is 0.201 e. The maximum atomic E-state index is 14.4. The van der Waals surface area contributed by atoms with E-state index < -0.39 is 11.6 Å². The minimum atomic E-state index is -0.939. The summed E-state index contributed by atoms with van der Waals surface area (Å²) in [6, 6.07) is 10.7. The zero-order chi connectivity index (χ0) is 19.9. The number of hydrogen-bond donors (Lipinski definition) is 0. The summed E-state index contributed by atoms with van der Waals surface area (Å²) in [4.78, 5) is 0. The molecule has 1 fully saturated rings. The van der Waals surface area contributed by atoms with Gasteiger partial charge in [0.2, 0.25) is 5.82 Å². The molecule has 1 heterocycles. The fraction of sp³-hybridized carbons (Fsp3) is 0.417. The van der Waals surface area contributed by atoms with Gasteiger partial charge in [0.1, 0.15) is 0 Å². The van der Waals surface area contributed by atoms with Crippen molar-refractivity contribution < 1.29 is 18.3 Å². The SMILES string of the molecule is CCC/C=C/C1CCC(c2ccc(-c3ccc(OCC)c(F)c3F)cc2)CO1. The second-order valence-electron chi connectivity index (χ2n) is 7.16. The van der Waals surface area contributed by atoms with Crippen LogP contribution in [0.4, 0.5) is 8.78 Å². The molecule has 28 heavy (non-hydrogen) atoms. The summed E-state index contributed by atoms with van der Waals surface area (Å²) in [7, 11) is 0. The summed E-state index contributed by atoms with van der Waals surface area (Å²) < 4.78 is 39.6. The largest absolute Gasteiger partial charge is 0.491 e. The van der Waals surface area contributed by atoms with Gasteiger partial charge in [0.25, 0.3) is 0 Å². The van der Waals surface area contributed by atoms with Gasteiger partial charge in [-0.15, -0.1) is 0 Å². The first kappa shape index (κ1) is 20.5. The highest BCUT2D eigenvalue weighted by atomic mass is 19.2. The molecule has 1 aliphatic rings. The highest BCUT2D eigenvalue weighted by molar-refractivity contribution is 5.65. The van der Waals surface area contributed by atoms with Gasteiger partial charge in [0.05, 0.1) is 19.3 Å². The van der Waals surface area contributed by atoms with Crippen LogP contribution < -0.4 is 4.74 Å². The molecule has 2 unspecified atom stereocenters. The Morgan fingerprint density at radius 3 is 2.46 bits per heavy atom. The molecule has 0 bridgehead atoms. The van der Waals surface area contributed by atoms with Gasteiger partial charge >= 0.3 is 0 Å². The lowest BCUT2D eigenvalue weighted by Crippen LogP contribution is -2.23. The number of benzene rings is 2. The minimum Gasteiger partial charge on any atom is -0.491 e. The molecule has 2 nitrogen and oxygen atoms in total. The zero-order valence-electron chi connectivity index (χ0n) is 16.6. The van der Waals surface area contributed by atoms with Crippen LogP contribution in [0.3, 0.4) is 0 Å². The first-order chi connectivity index (χ1) is 13.6. The van der Waals surface area contributed by atoms with Gasteiger partial charge in [-0.1, -0.05) is 49.8 Å². The molecular weight excluding hydrogens is 358 g/mol. The van der Waals surface area contributed by atoms with E-state index in [1.165, 1.54) is 11.6 Å². The predicted octanol–water partition coefficient (Wildman–Crippen LogP) is 6.65. The average molecular weight is 386 g/mol. The van der Waals surface area contributed by atoms with Crippen LogP contribution in [0, 0.1) is 11.6 Å². The molecule has 2 aromatic rings. The summed E-state index contributed by atoms with van der Waals surface area (Å²) in [5, 5.41) is 0. The molecular formula is C24H28F2O2. The van der Waals surface area contributed by atoms with Gasteiger partial charge in [0, 0.05) is 11.5 Å². The monoisotopic (exact) mass is 386 g/mol. The lowest BCUT2D eigenvalue weighted by molar-refractivity contribution is 0.0326. The Hall–Kier alpha value is -2.20. The summed E-state index contributed by atoms with van der Waals surface area (Å²) in [6.07, 6.45) is 8.89. The van der Waals surface area contributed by atoms with Gasteiger partial charge in [-0.05, 0) is 49.4 Å². The van der Waals surface area contributed by atoms with Crippen LogP contribution in [-0.2, 0) is 4.74 Å².